The highest BCUT2D eigenvalue weighted by Gasteiger charge is 2.56. The van der Waals surface area contributed by atoms with Gasteiger partial charge in [-0.15, -0.1) is 11.8 Å². The van der Waals surface area contributed by atoms with Crippen LogP contribution in [-0.4, -0.2) is 34.4 Å². The molecule has 5 rings (SSSR count). The van der Waals surface area contributed by atoms with Crippen molar-refractivity contribution in [2.45, 2.75) is 11.7 Å². The lowest BCUT2D eigenvalue weighted by atomic mass is 9.91. The summed E-state index contributed by atoms with van der Waals surface area (Å²) in [5.74, 6) is 0.570. The molecule has 1 unspecified atom stereocenters. The zero-order valence-electron chi connectivity index (χ0n) is 15.5. The Labute approximate surface area is 166 Å². The molecule has 2 amide bonds. The van der Waals surface area contributed by atoms with E-state index in [2.05, 4.69) is 5.32 Å². The van der Waals surface area contributed by atoms with Gasteiger partial charge >= 0.3 is 0 Å². The van der Waals surface area contributed by atoms with E-state index in [9.17, 15) is 9.59 Å². The summed E-state index contributed by atoms with van der Waals surface area (Å²) in [6.07, 6.45) is 0. The van der Waals surface area contributed by atoms with Crippen molar-refractivity contribution in [1.29, 1.82) is 0 Å². The lowest BCUT2D eigenvalue weighted by Gasteiger charge is -2.26. The number of fused-ring (bicyclic) bond motifs is 4. The number of nitrogens with zero attached hydrogens (tertiary/aromatic N) is 3. The van der Waals surface area contributed by atoms with Gasteiger partial charge in [-0.2, -0.15) is 5.10 Å². The monoisotopic (exact) mass is 390 g/mol. The van der Waals surface area contributed by atoms with Crippen LogP contribution in [0.3, 0.4) is 0 Å². The number of hydrogen-bond acceptors (Lipinski definition) is 4. The molecule has 1 aromatic heterocycles. The summed E-state index contributed by atoms with van der Waals surface area (Å²) in [5, 5.41) is 7.71. The van der Waals surface area contributed by atoms with E-state index < -0.39 is 4.75 Å². The number of aryl methyl sites for hydroxylation is 1. The maximum Gasteiger partial charge on any atom is 0.252 e. The summed E-state index contributed by atoms with van der Waals surface area (Å²) in [7, 11) is 1.78. The molecular weight excluding hydrogens is 372 g/mol. The van der Waals surface area contributed by atoms with Gasteiger partial charge in [-0.1, -0.05) is 36.4 Å². The van der Waals surface area contributed by atoms with Crippen LogP contribution in [0.4, 0.5) is 11.5 Å². The second-order valence-corrected chi connectivity index (χ2v) is 8.15. The Balaban J connectivity index is 1.85. The van der Waals surface area contributed by atoms with Gasteiger partial charge in [0.2, 0.25) is 5.91 Å². The standard InChI is InChI=1S/C21H18N4O2S/c1-13-18-19(25(23-13)14-8-4-3-5-9-14)22-17(26)12-28-21(18)15-10-6-7-11-16(15)24(2)20(21)27/h3-11H,12H2,1-2H3,(H,22,26). The van der Waals surface area contributed by atoms with Crippen LogP contribution in [0, 0.1) is 6.92 Å². The smallest absolute Gasteiger partial charge is 0.252 e. The molecule has 140 valence electrons. The van der Waals surface area contributed by atoms with Gasteiger partial charge in [0, 0.05) is 23.9 Å². The number of thioether (sulfide) groups is 1. The minimum Gasteiger partial charge on any atom is -0.313 e. The number of nitrogens with one attached hydrogen (secondary N) is 1. The number of hydrogen-bond donors (Lipinski definition) is 1. The van der Waals surface area contributed by atoms with Crippen LogP contribution in [0.1, 0.15) is 16.8 Å². The quantitative estimate of drug-likeness (QED) is 0.693. The van der Waals surface area contributed by atoms with Gasteiger partial charge in [0.1, 0.15) is 5.82 Å². The molecule has 0 saturated carbocycles. The van der Waals surface area contributed by atoms with Gasteiger partial charge in [0.25, 0.3) is 5.91 Å². The molecular formula is C21H18N4O2S. The fourth-order valence-corrected chi connectivity index (χ4v) is 5.54. The first kappa shape index (κ1) is 17.1. The summed E-state index contributed by atoms with van der Waals surface area (Å²) in [5.41, 5.74) is 4.09. The molecule has 6 nitrogen and oxygen atoms in total. The normalized spacial score (nSPS) is 20.7. The molecule has 1 N–H and O–H groups in total. The van der Waals surface area contributed by atoms with Crippen molar-refractivity contribution in [1.82, 2.24) is 9.78 Å². The van der Waals surface area contributed by atoms with Crippen molar-refractivity contribution in [2.75, 3.05) is 23.0 Å². The molecule has 2 aromatic carbocycles. The lowest BCUT2D eigenvalue weighted by molar-refractivity contribution is -0.119. The maximum absolute atomic E-state index is 13.6. The van der Waals surface area contributed by atoms with Crippen molar-refractivity contribution in [3.8, 4) is 5.69 Å². The molecule has 0 fully saturated rings. The number of anilines is 2. The average molecular weight is 390 g/mol. The Morgan fingerprint density at radius 2 is 1.79 bits per heavy atom. The van der Waals surface area contributed by atoms with Gasteiger partial charge in [0.05, 0.1) is 17.1 Å². The number of likely N-dealkylation sites (N-methyl/N-ethyl adjacent to an activating group) is 1. The molecule has 1 spiro atoms. The van der Waals surface area contributed by atoms with E-state index in [0.717, 1.165) is 28.2 Å². The predicted molar refractivity (Wildman–Crippen MR) is 110 cm³/mol. The minimum atomic E-state index is -0.989. The van der Waals surface area contributed by atoms with Gasteiger partial charge in [-0.05, 0) is 25.1 Å². The number of carbonyl (C=O) groups is 2. The van der Waals surface area contributed by atoms with Crippen molar-refractivity contribution in [2.24, 2.45) is 0 Å². The predicted octanol–water partition coefficient (Wildman–Crippen LogP) is 3.09. The summed E-state index contributed by atoms with van der Waals surface area (Å²) < 4.78 is 0.737. The van der Waals surface area contributed by atoms with E-state index in [1.54, 1.807) is 16.6 Å². The summed E-state index contributed by atoms with van der Waals surface area (Å²) >= 11 is 1.37. The topological polar surface area (TPSA) is 67.2 Å². The van der Waals surface area contributed by atoms with Crippen molar-refractivity contribution < 1.29 is 9.59 Å². The van der Waals surface area contributed by atoms with Crippen LogP contribution in [0.15, 0.2) is 54.6 Å². The Bertz CT molecular complexity index is 1120. The Morgan fingerprint density at radius 1 is 1.07 bits per heavy atom. The number of rotatable bonds is 1. The molecule has 0 saturated heterocycles. The third kappa shape index (κ3) is 2.13. The Morgan fingerprint density at radius 3 is 2.57 bits per heavy atom. The molecule has 0 radical (unpaired) electrons. The van der Waals surface area contributed by atoms with E-state index in [1.807, 2.05) is 61.5 Å². The number of amides is 2. The molecule has 0 bridgehead atoms. The first-order chi connectivity index (χ1) is 13.5. The fourth-order valence-electron chi connectivity index (χ4n) is 4.14. The van der Waals surface area contributed by atoms with E-state index in [0.29, 0.717) is 5.82 Å². The lowest BCUT2D eigenvalue weighted by Crippen LogP contribution is -2.37. The first-order valence-electron chi connectivity index (χ1n) is 9.01. The second kappa shape index (κ2) is 5.97. The molecule has 7 heteroatoms. The number of para-hydroxylation sites is 2. The maximum atomic E-state index is 13.6. The van der Waals surface area contributed by atoms with E-state index >= 15 is 0 Å². The minimum absolute atomic E-state index is 0.0489. The number of aromatic nitrogens is 2. The SMILES string of the molecule is Cc1nn(-c2ccccc2)c2c1C1(SCC(=O)N2)C(=O)N(C)c2ccccc21. The van der Waals surface area contributed by atoms with Crippen LogP contribution in [0.5, 0.6) is 0 Å². The van der Waals surface area contributed by atoms with Crippen LogP contribution in [-0.2, 0) is 14.3 Å². The Kier molecular flexibility index (Phi) is 3.64. The summed E-state index contributed by atoms with van der Waals surface area (Å²) in [4.78, 5) is 27.9. The molecule has 2 aliphatic heterocycles. The molecule has 0 aliphatic carbocycles. The van der Waals surface area contributed by atoms with Crippen molar-refractivity contribution in [3.05, 3.63) is 71.4 Å². The van der Waals surface area contributed by atoms with E-state index in [4.69, 9.17) is 5.10 Å². The molecule has 1 atom stereocenters. The first-order valence-corrected chi connectivity index (χ1v) is 9.99. The number of benzene rings is 2. The van der Waals surface area contributed by atoms with Crippen LogP contribution >= 0.6 is 11.8 Å². The highest BCUT2D eigenvalue weighted by Crippen LogP contribution is 2.56. The zero-order valence-corrected chi connectivity index (χ0v) is 16.3. The van der Waals surface area contributed by atoms with Gasteiger partial charge < -0.3 is 10.2 Å². The van der Waals surface area contributed by atoms with Crippen molar-refractivity contribution >= 4 is 35.1 Å². The highest BCUT2D eigenvalue weighted by molar-refractivity contribution is 8.01. The van der Waals surface area contributed by atoms with Crippen LogP contribution in [0.25, 0.3) is 5.69 Å². The second-order valence-electron chi connectivity index (χ2n) is 6.96. The van der Waals surface area contributed by atoms with Gasteiger partial charge in [0.15, 0.2) is 4.75 Å². The molecule has 28 heavy (non-hydrogen) atoms. The highest BCUT2D eigenvalue weighted by atomic mass is 32.2. The molecule has 2 aliphatic rings. The number of carbonyl (C=O) groups excluding carboxylic acids is 2. The van der Waals surface area contributed by atoms with E-state index in [-0.39, 0.29) is 17.6 Å². The third-order valence-electron chi connectivity index (χ3n) is 5.34. The molecule has 3 heterocycles. The fraction of sp³-hybridized carbons (Fsp3) is 0.190. The third-order valence-corrected chi connectivity index (χ3v) is 6.78. The largest absolute Gasteiger partial charge is 0.313 e. The van der Waals surface area contributed by atoms with E-state index in [1.165, 1.54) is 11.8 Å². The average Bonchev–Trinajstić information content (AvgIpc) is 3.07. The van der Waals surface area contributed by atoms with Crippen molar-refractivity contribution in [3.63, 3.8) is 0 Å². The molecule has 3 aromatic rings. The zero-order chi connectivity index (χ0) is 19.5. The van der Waals surface area contributed by atoms with Gasteiger partial charge in [-0.3, -0.25) is 9.59 Å². The van der Waals surface area contributed by atoms with Crippen LogP contribution < -0.4 is 10.2 Å². The van der Waals surface area contributed by atoms with Gasteiger partial charge in [-0.25, -0.2) is 4.68 Å². The summed E-state index contributed by atoms with van der Waals surface area (Å²) in [6, 6.07) is 17.4. The Hall–Kier alpha value is -3.06. The summed E-state index contributed by atoms with van der Waals surface area (Å²) in [6.45, 7) is 1.90. The van der Waals surface area contributed by atoms with Crippen LogP contribution in [0.2, 0.25) is 0 Å².